The van der Waals surface area contributed by atoms with Crippen molar-refractivity contribution in [2.45, 2.75) is 93.9 Å². The fourth-order valence-electron chi connectivity index (χ4n) is 12.9. The van der Waals surface area contributed by atoms with Crippen LogP contribution in [0.3, 0.4) is 0 Å². The molecule has 12 rings (SSSR count). The van der Waals surface area contributed by atoms with E-state index in [0.29, 0.717) is 73.9 Å². The Morgan fingerprint density at radius 2 is 1.75 bits per heavy atom. The first-order valence-electron chi connectivity index (χ1n) is 26.1. The van der Waals surface area contributed by atoms with E-state index in [0.717, 1.165) is 55.4 Å². The zero-order valence-electron chi connectivity index (χ0n) is 41.7. The van der Waals surface area contributed by atoms with Crippen molar-refractivity contribution in [3.05, 3.63) is 89.1 Å². The van der Waals surface area contributed by atoms with Crippen LogP contribution in [-0.4, -0.2) is 147 Å². The molecule has 7 aliphatic heterocycles. The van der Waals surface area contributed by atoms with Crippen molar-refractivity contribution in [3.63, 3.8) is 0 Å². The summed E-state index contributed by atoms with van der Waals surface area (Å²) in [6.45, 7) is 8.30. The zero-order valence-corrected chi connectivity index (χ0v) is 41.7. The van der Waals surface area contributed by atoms with E-state index in [-0.39, 0.29) is 101 Å². The maximum atomic E-state index is 17.3. The number of aromatic hydroxyl groups is 1. The lowest BCUT2D eigenvalue weighted by molar-refractivity contribution is -0.136. The summed E-state index contributed by atoms with van der Waals surface area (Å²) < 4.78 is 44.9. The number of hydrogen-bond acceptors (Lipinski definition) is 15. The van der Waals surface area contributed by atoms with Crippen molar-refractivity contribution in [2.75, 3.05) is 62.7 Å². The quantitative estimate of drug-likeness (QED) is 0.0637. The van der Waals surface area contributed by atoms with E-state index in [1.165, 1.54) is 30.5 Å². The molecular formula is C56H56F2N10O8. The first-order valence-corrected chi connectivity index (χ1v) is 26.1. The Morgan fingerprint density at radius 3 is 2.53 bits per heavy atom. The smallest absolute Gasteiger partial charge is 0.409 e. The van der Waals surface area contributed by atoms with E-state index in [9.17, 15) is 29.1 Å². The molecule has 9 heterocycles. The standard InChI is InChI=1S/C56H56F2N10O8/c1-3-38-43(57)9-4-32-20-37(69)22-41(46(32)38)48-47(58)49-42(24-60-48)50(66-26-34-5-6-35(27-66)61-34)64-54(63-49)76-29-56-16-12-36(67(56)25-30(2)23-56)28-75-55(74)65-18-14-31(15-19-65)13-17-59-33-7-8-39-40(21-33)53(73)68(52(39)72)44-10-11-45(70)62-51(44)71/h1,4,7-9,20-22,24,31,34-36,44,59,61,69H,2,5-6,10-19,23,25-29H2,(H,62,70,71)/t34?,35?,36-,44?,56-/m0/s1. The molecule has 2 aromatic heterocycles. The highest BCUT2D eigenvalue weighted by molar-refractivity contribution is 6.23. The van der Waals surface area contributed by atoms with E-state index in [4.69, 9.17) is 25.9 Å². The molecule has 5 aromatic rings. The number of amides is 5. The fourth-order valence-corrected chi connectivity index (χ4v) is 12.9. The molecule has 6 saturated heterocycles. The number of nitrogens with one attached hydrogen (secondary N) is 3. The maximum Gasteiger partial charge on any atom is 0.409 e. The second kappa shape index (κ2) is 19.4. The zero-order chi connectivity index (χ0) is 52.6. The minimum absolute atomic E-state index is 0.0149. The highest BCUT2D eigenvalue weighted by Gasteiger charge is 2.52. The third kappa shape index (κ3) is 8.78. The van der Waals surface area contributed by atoms with Gasteiger partial charge < -0.3 is 35.0 Å². The Kier molecular flexibility index (Phi) is 12.6. The summed E-state index contributed by atoms with van der Waals surface area (Å²) in [7, 11) is 0. The van der Waals surface area contributed by atoms with E-state index in [1.807, 2.05) is 0 Å². The molecule has 6 fully saturated rings. The Bertz CT molecular complexity index is 3330. The summed E-state index contributed by atoms with van der Waals surface area (Å²) in [5.41, 5.74) is 1.49. The highest BCUT2D eigenvalue weighted by atomic mass is 19.1. The van der Waals surface area contributed by atoms with Gasteiger partial charge in [-0.05, 0) is 105 Å². The minimum atomic E-state index is -1.03. The van der Waals surface area contributed by atoms with Crippen molar-refractivity contribution in [1.29, 1.82) is 0 Å². The SMILES string of the molecule is C#Cc1c(F)ccc2cc(O)cc(-c3ncc4c(N5CC6CCC(C5)N6)nc(OC[C@@]56CC[C@@H](COC(=O)N7CCC(CCNc8ccc9c(c8)C(=O)N(C8CCC(=O)NC8=O)C9=O)CC7)N5CC(=C)C6)nc4c3F)c12. The van der Waals surface area contributed by atoms with Crippen LogP contribution in [0.4, 0.5) is 25.1 Å². The molecule has 0 spiro atoms. The van der Waals surface area contributed by atoms with Gasteiger partial charge in [0.1, 0.15) is 47.9 Å². The summed E-state index contributed by atoms with van der Waals surface area (Å²) in [5, 5.41) is 21.0. The number of benzene rings is 3. The van der Waals surface area contributed by atoms with Crippen LogP contribution in [0.15, 0.2) is 60.8 Å². The van der Waals surface area contributed by atoms with Crippen LogP contribution in [0.2, 0.25) is 0 Å². The van der Waals surface area contributed by atoms with Gasteiger partial charge in [0.05, 0.1) is 27.6 Å². The van der Waals surface area contributed by atoms with Crippen molar-refractivity contribution in [3.8, 4) is 35.4 Å². The van der Waals surface area contributed by atoms with Gasteiger partial charge in [-0.15, -0.1) is 6.42 Å². The summed E-state index contributed by atoms with van der Waals surface area (Å²) in [4.78, 5) is 85.4. The highest BCUT2D eigenvalue weighted by Crippen LogP contribution is 2.45. The van der Waals surface area contributed by atoms with Gasteiger partial charge in [0.2, 0.25) is 11.8 Å². The Morgan fingerprint density at radius 1 is 0.961 bits per heavy atom. The van der Waals surface area contributed by atoms with Crippen LogP contribution in [0, 0.1) is 29.9 Å². The monoisotopic (exact) mass is 1030 g/mol. The van der Waals surface area contributed by atoms with E-state index in [1.54, 1.807) is 23.1 Å². The number of imide groups is 2. The first-order chi connectivity index (χ1) is 36.7. The number of rotatable bonds is 12. The summed E-state index contributed by atoms with van der Waals surface area (Å²) in [6, 6.07) is 9.75. The predicted molar refractivity (Wildman–Crippen MR) is 276 cm³/mol. The molecule has 392 valence electrons. The van der Waals surface area contributed by atoms with E-state index < -0.39 is 46.8 Å². The van der Waals surface area contributed by atoms with Crippen LogP contribution in [0.25, 0.3) is 32.9 Å². The number of piperazine rings is 1. The number of fused-ring (bicyclic) bond motifs is 6. The molecule has 2 bridgehead atoms. The van der Waals surface area contributed by atoms with Gasteiger partial charge in [-0.1, -0.05) is 24.1 Å². The molecule has 0 aliphatic carbocycles. The van der Waals surface area contributed by atoms with Crippen LogP contribution in [0.1, 0.15) is 90.5 Å². The summed E-state index contributed by atoms with van der Waals surface area (Å²) >= 11 is 0. The average molecular weight is 1040 g/mol. The molecule has 5 atom stereocenters. The number of likely N-dealkylation sites (tertiary alicyclic amines) is 1. The molecule has 3 aromatic carbocycles. The number of terminal acetylenes is 1. The lowest BCUT2D eigenvalue weighted by Crippen LogP contribution is -2.54. The van der Waals surface area contributed by atoms with Crippen molar-refractivity contribution < 1.29 is 47.3 Å². The number of carbonyl (C=O) groups is 5. The third-order valence-corrected chi connectivity index (χ3v) is 16.6. The average Bonchev–Trinajstić information content (AvgIpc) is 4.18. The van der Waals surface area contributed by atoms with Gasteiger partial charge in [0.15, 0.2) is 5.82 Å². The largest absolute Gasteiger partial charge is 0.508 e. The van der Waals surface area contributed by atoms with Crippen LogP contribution < -0.4 is 25.6 Å². The van der Waals surface area contributed by atoms with Crippen molar-refractivity contribution in [1.82, 2.24) is 40.3 Å². The Labute approximate surface area is 436 Å². The number of halogens is 2. The first kappa shape index (κ1) is 49.1. The number of carbonyl (C=O) groups excluding carboxylic acids is 5. The molecule has 4 N–H and O–H groups in total. The predicted octanol–water partition coefficient (Wildman–Crippen LogP) is 6.04. The van der Waals surface area contributed by atoms with Crippen molar-refractivity contribution in [2.24, 2.45) is 5.92 Å². The number of piperidine rings is 2. The Hall–Kier alpha value is -7.76. The maximum absolute atomic E-state index is 17.3. The van der Waals surface area contributed by atoms with E-state index >= 15 is 8.78 Å². The second-order valence-corrected chi connectivity index (χ2v) is 21.4. The van der Waals surface area contributed by atoms with Gasteiger partial charge in [0, 0.05) is 86.6 Å². The summed E-state index contributed by atoms with van der Waals surface area (Å²) in [6.07, 6.45) is 13.6. The van der Waals surface area contributed by atoms with Crippen LogP contribution in [0.5, 0.6) is 11.8 Å². The molecular weight excluding hydrogens is 979 g/mol. The topological polar surface area (TPSA) is 212 Å². The molecule has 3 unspecified atom stereocenters. The van der Waals surface area contributed by atoms with Gasteiger partial charge in [-0.25, -0.2) is 13.6 Å². The summed E-state index contributed by atoms with van der Waals surface area (Å²) in [5.74, 6) is -0.573. The fraction of sp³-hybridized carbons (Fsp3) is 0.429. The number of pyridine rings is 1. The number of aromatic nitrogens is 3. The minimum Gasteiger partial charge on any atom is -0.508 e. The molecule has 7 aliphatic rings. The van der Waals surface area contributed by atoms with Gasteiger partial charge in [-0.2, -0.15) is 9.97 Å². The molecule has 18 nitrogen and oxygen atoms in total. The number of hydrogen-bond donors (Lipinski definition) is 4. The molecule has 5 amide bonds. The number of phenolic OH excluding ortho intramolecular Hbond substituents is 1. The third-order valence-electron chi connectivity index (χ3n) is 16.6. The van der Waals surface area contributed by atoms with Gasteiger partial charge in [-0.3, -0.25) is 39.3 Å². The number of nitrogens with zero attached hydrogens (tertiary/aromatic N) is 7. The van der Waals surface area contributed by atoms with Crippen LogP contribution in [-0.2, 0) is 14.3 Å². The number of phenols is 1. The molecule has 76 heavy (non-hydrogen) atoms. The van der Waals surface area contributed by atoms with Crippen molar-refractivity contribution >= 4 is 62.9 Å². The van der Waals surface area contributed by atoms with Gasteiger partial charge in [0.25, 0.3) is 11.8 Å². The van der Waals surface area contributed by atoms with E-state index in [2.05, 4.69) is 43.2 Å². The molecule has 0 saturated carbocycles. The Balaban J connectivity index is 0.684. The van der Waals surface area contributed by atoms with Crippen LogP contribution >= 0.6 is 0 Å². The lowest BCUT2D eigenvalue weighted by Gasteiger charge is -2.35. The normalized spacial score (nSPS) is 24.6. The number of ether oxygens (including phenoxy) is 2. The molecule has 20 heteroatoms. The van der Waals surface area contributed by atoms with Gasteiger partial charge >= 0.3 is 12.1 Å². The molecule has 0 radical (unpaired) electrons. The lowest BCUT2D eigenvalue weighted by atomic mass is 9.93. The number of anilines is 2. The second-order valence-electron chi connectivity index (χ2n) is 21.4.